The van der Waals surface area contributed by atoms with E-state index in [0.717, 1.165) is 16.5 Å². The second-order valence-corrected chi connectivity index (χ2v) is 6.69. The lowest BCUT2D eigenvalue weighted by Crippen LogP contribution is -2.56. The number of hydrogen-bond donors (Lipinski definition) is 1. The first-order valence-electron chi connectivity index (χ1n) is 9.06. The van der Waals surface area contributed by atoms with E-state index in [1.165, 1.54) is 0 Å². The molecule has 0 bridgehead atoms. The van der Waals surface area contributed by atoms with Crippen molar-refractivity contribution in [1.29, 1.82) is 0 Å². The Bertz CT molecular complexity index is 1030. The van der Waals surface area contributed by atoms with Crippen LogP contribution in [0.3, 0.4) is 0 Å². The summed E-state index contributed by atoms with van der Waals surface area (Å²) in [4.78, 5) is 32.0. The van der Waals surface area contributed by atoms with E-state index in [2.05, 4.69) is 10.4 Å². The maximum atomic E-state index is 13.4. The molecule has 0 spiro atoms. The van der Waals surface area contributed by atoms with Gasteiger partial charge in [0.1, 0.15) is 6.04 Å². The van der Waals surface area contributed by atoms with E-state index in [4.69, 9.17) is 4.98 Å². The minimum absolute atomic E-state index is 0.0945. The fourth-order valence-corrected chi connectivity index (χ4v) is 3.57. The fraction of sp³-hybridized carbons (Fsp3) is 0.300. The summed E-state index contributed by atoms with van der Waals surface area (Å²) in [7, 11) is 1.84. The molecule has 1 fully saturated rings. The summed E-state index contributed by atoms with van der Waals surface area (Å²) < 4.78 is 1.70. The highest BCUT2D eigenvalue weighted by Gasteiger charge is 2.33. The largest absolute Gasteiger partial charge is 0.353 e. The molecule has 1 aromatic carbocycles. The topological polar surface area (TPSA) is 80.1 Å². The third kappa shape index (κ3) is 3.05. The van der Waals surface area contributed by atoms with Crippen molar-refractivity contribution in [2.24, 2.45) is 7.05 Å². The highest BCUT2D eigenvalue weighted by Crippen LogP contribution is 2.26. The summed E-state index contributed by atoms with van der Waals surface area (Å²) in [5.41, 5.74) is 2.85. The van der Waals surface area contributed by atoms with Crippen molar-refractivity contribution in [2.75, 3.05) is 13.1 Å². The van der Waals surface area contributed by atoms with Crippen LogP contribution in [0.25, 0.3) is 22.2 Å². The molecular formula is C20H21N5O2. The minimum Gasteiger partial charge on any atom is -0.353 e. The number of carbonyl (C=O) groups excluding carboxylic acids is 2. The van der Waals surface area contributed by atoms with Gasteiger partial charge in [0.25, 0.3) is 5.91 Å². The average molecular weight is 363 g/mol. The molecule has 1 N–H and O–H groups in total. The molecule has 1 saturated heterocycles. The van der Waals surface area contributed by atoms with Crippen LogP contribution in [0, 0.1) is 0 Å². The van der Waals surface area contributed by atoms with Crippen molar-refractivity contribution in [2.45, 2.75) is 19.4 Å². The number of piperazine rings is 1. The zero-order valence-corrected chi connectivity index (χ0v) is 15.3. The quantitative estimate of drug-likeness (QED) is 0.772. The third-order valence-corrected chi connectivity index (χ3v) is 4.93. The highest BCUT2D eigenvalue weighted by atomic mass is 16.2. The van der Waals surface area contributed by atoms with Crippen LogP contribution < -0.4 is 5.32 Å². The number of amides is 2. The maximum Gasteiger partial charge on any atom is 0.255 e. The minimum atomic E-state index is -0.444. The Hall–Kier alpha value is -3.22. The van der Waals surface area contributed by atoms with Crippen LogP contribution in [-0.4, -0.2) is 50.6 Å². The Morgan fingerprint density at radius 2 is 2.15 bits per heavy atom. The van der Waals surface area contributed by atoms with Gasteiger partial charge in [-0.25, -0.2) is 4.98 Å². The predicted molar refractivity (Wildman–Crippen MR) is 102 cm³/mol. The number of nitrogens with zero attached hydrogens (tertiary/aromatic N) is 4. The summed E-state index contributed by atoms with van der Waals surface area (Å²) in [6.45, 7) is 2.89. The molecule has 138 valence electrons. The SMILES string of the molecule is CC[C@@H]1C(=O)NCCN1C(=O)c1cc(-c2cnn(C)c2)nc2ccccc12. The lowest BCUT2D eigenvalue weighted by Gasteiger charge is -2.34. The molecule has 2 amide bonds. The third-order valence-electron chi connectivity index (χ3n) is 4.93. The molecule has 1 aliphatic rings. The van der Waals surface area contributed by atoms with E-state index >= 15 is 0 Å². The predicted octanol–water partition coefficient (Wildman–Crippen LogP) is 1.99. The molecule has 0 aliphatic carbocycles. The normalized spacial score (nSPS) is 17.2. The Labute approximate surface area is 157 Å². The van der Waals surface area contributed by atoms with Gasteiger partial charge in [0.05, 0.1) is 23.0 Å². The second kappa shape index (κ2) is 6.83. The van der Waals surface area contributed by atoms with Gasteiger partial charge in [-0.15, -0.1) is 0 Å². The second-order valence-electron chi connectivity index (χ2n) is 6.69. The van der Waals surface area contributed by atoms with E-state index in [-0.39, 0.29) is 11.8 Å². The van der Waals surface area contributed by atoms with Gasteiger partial charge < -0.3 is 10.2 Å². The highest BCUT2D eigenvalue weighted by molar-refractivity contribution is 6.08. The molecule has 0 unspecified atom stereocenters. The first-order valence-corrected chi connectivity index (χ1v) is 9.06. The molecule has 1 aliphatic heterocycles. The van der Waals surface area contributed by atoms with E-state index in [1.54, 1.807) is 21.8 Å². The molecule has 1 atom stereocenters. The lowest BCUT2D eigenvalue weighted by molar-refractivity contribution is -0.127. The number of fused-ring (bicyclic) bond motifs is 1. The first kappa shape index (κ1) is 17.2. The van der Waals surface area contributed by atoms with Gasteiger partial charge in [0.15, 0.2) is 0 Å². The van der Waals surface area contributed by atoms with Gasteiger partial charge in [-0.2, -0.15) is 5.10 Å². The van der Waals surface area contributed by atoms with E-state index in [0.29, 0.717) is 30.8 Å². The van der Waals surface area contributed by atoms with Gasteiger partial charge in [-0.05, 0) is 18.6 Å². The summed E-state index contributed by atoms with van der Waals surface area (Å²) in [6.07, 6.45) is 4.18. The Kier molecular flexibility index (Phi) is 4.35. The van der Waals surface area contributed by atoms with E-state index in [9.17, 15) is 9.59 Å². The Morgan fingerprint density at radius 3 is 2.89 bits per heavy atom. The Balaban J connectivity index is 1.84. The number of rotatable bonds is 3. The monoisotopic (exact) mass is 363 g/mol. The van der Waals surface area contributed by atoms with E-state index in [1.807, 2.05) is 44.4 Å². The molecule has 0 radical (unpaired) electrons. The van der Waals surface area contributed by atoms with Crippen LogP contribution in [0.4, 0.5) is 0 Å². The number of nitrogens with one attached hydrogen (secondary N) is 1. The summed E-state index contributed by atoms with van der Waals surface area (Å²) in [6, 6.07) is 8.95. The lowest BCUT2D eigenvalue weighted by atomic mass is 10.0. The fourth-order valence-electron chi connectivity index (χ4n) is 3.57. The number of carbonyl (C=O) groups is 2. The van der Waals surface area contributed by atoms with Crippen LogP contribution in [0.1, 0.15) is 23.7 Å². The Morgan fingerprint density at radius 1 is 1.33 bits per heavy atom. The van der Waals surface area contributed by atoms with Gasteiger partial charge in [-0.1, -0.05) is 25.1 Å². The van der Waals surface area contributed by atoms with Crippen molar-refractivity contribution < 1.29 is 9.59 Å². The molecule has 4 rings (SSSR count). The standard InChI is InChI=1S/C20H21N5O2/c1-3-18-19(26)21-8-9-25(18)20(27)15-10-17(13-11-22-24(2)12-13)23-16-7-5-4-6-14(15)16/h4-7,10-12,18H,3,8-9H2,1-2H3,(H,21,26)/t18-/m1/s1. The van der Waals surface area contributed by atoms with Gasteiger partial charge in [0, 0.05) is 37.3 Å². The number of pyridine rings is 1. The van der Waals surface area contributed by atoms with Gasteiger partial charge >= 0.3 is 0 Å². The zero-order chi connectivity index (χ0) is 19.0. The van der Waals surface area contributed by atoms with Crippen molar-refractivity contribution in [3.8, 4) is 11.3 Å². The van der Waals surface area contributed by atoms with Crippen LogP contribution >= 0.6 is 0 Å². The van der Waals surface area contributed by atoms with Crippen LogP contribution in [0.15, 0.2) is 42.7 Å². The first-order chi connectivity index (χ1) is 13.1. The van der Waals surface area contributed by atoms with E-state index < -0.39 is 6.04 Å². The maximum absolute atomic E-state index is 13.4. The summed E-state index contributed by atoms with van der Waals surface area (Å²) >= 11 is 0. The molecule has 0 saturated carbocycles. The number of aromatic nitrogens is 3. The van der Waals surface area contributed by atoms with Gasteiger partial charge in [0.2, 0.25) is 5.91 Å². The molecule has 3 heterocycles. The molecule has 3 aromatic rings. The van der Waals surface area contributed by atoms with Crippen LogP contribution in [0.5, 0.6) is 0 Å². The zero-order valence-electron chi connectivity index (χ0n) is 15.3. The number of para-hydroxylation sites is 1. The van der Waals surface area contributed by atoms with Crippen molar-refractivity contribution >= 4 is 22.7 Å². The number of hydrogen-bond acceptors (Lipinski definition) is 4. The van der Waals surface area contributed by atoms with Crippen LogP contribution in [0.2, 0.25) is 0 Å². The smallest absolute Gasteiger partial charge is 0.255 e. The van der Waals surface area contributed by atoms with Gasteiger partial charge in [-0.3, -0.25) is 14.3 Å². The number of benzene rings is 1. The average Bonchev–Trinajstić information content (AvgIpc) is 3.12. The molecular weight excluding hydrogens is 342 g/mol. The number of aryl methyl sites for hydroxylation is 1. The molecule has 7 nitrogen and oxygen atoms in total. The van der Waals surface area contributed by atoms with Crippen molar-refractivity contribution in [3.63, 3.8) is 0 Å². The molecule has 7 heteroatoms. The van der Waals surface area contributed by atoms with Crippen molar-refractivity contribution in [1.82, 2.24) is 25.0 Å². The molecule has 2 aromatic heterocycles. The van der Waals surface area contributed by atoms with Crippen molar-refractivity contribution in [3.05, 3.63) is 48.3 Å². The summed E-state index contributed by atoms with van der Waals surface area (Å²) in [5.74, 6) is -0.233. The molecule has 27 heavy (non-hydrogen) atoms. The van der Waals surface area contributed by atoms with Crippen LogP contribution in [-0.2, 0) is 11.8 Å². The summed E-state index contributed by atoms with van der Waals surface area (Å²) in [5, 5.41) is 7.83.